The SMILES string of the molecule is CC(C(=O)O)c1cccc(NC(=O)NCC(=O)N(CC(=O)N(C)c2ccccc2)c2cccc(OCC(=O)N(C)c3cc(Cl)cc(Cl)c3)c2)c1. The number of benzene rings is 4. The third-order valence-corrected chi connectivity index (χ3v) is 8.06. The third-order valence-electron chi connectivity index (χ3n) is 7.63. The average Bonchev–Trinajstić information content (AvgIpc) is 3.10. The molecule has 3 N–H and O–H groups in total. The van der Waals surface area contributed by atoms with Gasteiger partial charge in [0.2, 0.25) is 11.8 Å². The van der Waals surface area contributed by atoms with Crippen molar-refractivity contribution in [3.63, 3.8) is 0 Å². The molecule has 0 saturated carbocycles. The van der Waals surface area contributed by atoms with Gasteiger partial charge in [0.25, 0.3) is 5.91 Å². The number of urea groups is 1. The normalized spacial score (nSPS) is 11.1. The first-order valence-electron chi connectivity index (χ1n) is 15.3. The van der Waals surface area contributed by atoms with Gasteiger partial charge in [-0.3, -0.25) is 19.2 Å². The molecule has 0 aromatic heterocycles. The summed E-state index contributed by atoms with van der Waals surface area (Å²) < 4.78 is 5.76. The van der Waals surface area contributed by atoms with Crippen molar-refractivity contribution in [3.8, 4) is 5.75 Å². The standard InChI is InChI=1S/C36H35Cl2N5O7/c1-23(35(47)48)24-9-7-10-27(15-24)40-36(49)39-20-32(44)43(21-33(45)41(2)28-11-5-4-6-12-28)29-13-8-14-31(19-29)50-22-34(46)42(3)30-17-25(37)16-26(38)18-30/h4-19,23H,20-22H2,1-3H3,(H,47,48)(H2,39,40,49). The van der Waals surface area contributed by atoms with Gasteiger partial charge in [-0.2, -0.15) is 0 Å². The lowest BCUT2D eigenvalue weighted by atomic mass is 10.0. The molecule has 1 atom stereocenters. The molecular formula is C36H35Cl2N5O7. The zero-order valence-electron chi connectivity index (χ0n) is 27.4. The maximum absolute atomic E-state index is 13.6. The number of carboxylic acids is 1. The number of aliphatic carboxylic acids is 1. The molecule has 0 heterocycles. The summed E-state index contributed by atoms with van der Waals surface area (Å²) in [7, 11) is 3.13. The minimum absolute atomic E-state index is 0.246. The van der Waals surface area contributed by atoms with E-state index >= 15 is 0 Å². The number of amides is 5. The van der Waals surface area contributed by atoms with Crippen LogP contribution in [0.4, 0.5) is 27.5 Å². The number of nitrogens with one attached hydrogen (secondary N) is 2. The molecule has 12 nitrogen and oxygen atoms in total. The van der Waals surface area contributed by atoms with E-state index in [0.29, 0.717) is 32.7 Å². The van der Waals surface area contributed by atoms with Crippen LogP contribution in [-0.4, -0.2) is 68.6 Å². The number of hydrogen-bond donors (Lipinski definition) is 3. The fraction of sp³-hybridized carbons (Fsp3) is 0.194. The second-order valence-corrected chi connectivity index (χ2v) is 12.0. The number of rotatable bonds is 13. The summed E-state index contributed by atoms with van der Waals surface area (Å²) in [6, 6.07) is 25.5. The van der Waals surface area contributed by atoms with Crippen molar-refractivity contribution in [3.05, 3.63) is 113 Å². The fourth-order valence-corrected chi connectivity index (χ4v) is 5.19. The largest absolute Gasteiger partial charge is 0.484 e. The molecule has 14 heteroatoms. The number of nitrogens with zero attached hydrogens (tertiary/aromatic N) is 3. The summed E-state index contributed by atoms with van der Waals surface area (Å²) in [5.41, 5.74) is 2.19. The Kier molecular flexibility index (Phi) is 12.8. The minimum atomic E-state index is -1.01. The van der Waals surface area contributed by atoms with Crippen molar-refractivity contribution >= 4 is 75.7 Å². The average molecular weight is 721 g/mol. The molecule has 0 bridgehead atoms. The van der Waals surface area contributed by atoms with E-state index in [1.54, 1.807) is 93.0 Å². The molecule has 0 aliphatic heterocycles. The molecule has 4 aromatic rings. The van der Waals surface area contributed by atoms with Crippen molar-refractivity contribution in [1.29, 1.82) is 0 Å². The molecule has 0 aliphatic rings. The summed E-state index contributed by atoms with van der Waals surface area (Å²) in [6.07, 6.45) is 0. The van der Waals surface area contributed by atoms with Crippen molar-refractivity contribution in [1.82, 2.24) is 5.32 Å². The molecule has 260 valence electrons. The maximum Gasteiger partial charge on any atom is 0.319 e. The van der Waals surface area contributed by atoms with Crippen LogP contribution in [0.1, 0.15) is 18.4 Å². The Labute approximate surface area is 299 Å². The second-order valence-electron chi connectivity index (χ2n) is 11.1. The van der Waals surface area contributed by atoms with Crippen LogP contribution >= 0.6 is 23.2 Å². The number of carboxylic acid groups (broad SMARTS) is 1. The zero-order chi connectivity index (χ0) is 36.4. The van der Waals surface area contributed by atoms with E-state index in [9.17, 15) is 29.1 Å². The van der Waals surface area contributed by atoms with Crippen LogP contribution in [0.25, 0.3) is 0 Å². The Bertz CT molecular complexity index is 1850. The summed E-state index contributed by atoms with van der Waals surface area (Å²) in [5, 5.41) is 15.1. The molecule has 50 heavy (non-hydrogen) atoms. The minimum Gasteiger partial charge on any atom is -0.484 e. The van der Waals surface area contributed by atoms with Gasteiger partial charge in [0.15, 0.2) is 6.61 Å². The van der Waals surface area contributed by atoms with Gasteiger partial charge >= 0.3 is 12.0 Å². The van der Waals surface area contributed by atoms with Crippen LogP contribution in [0, 0.1) is 0 Å². The number of hydrogen-bond acceptors (Lipinski definition) is 6. The van der Waals surface area contributed by atoms with Crippen molar-refractivity contribution in [2.75, 3.05) is 53.8 Å². The number of halogens is 2. The molecular weight excluding hydrogens is 685 g/mol. The van der Waals surface area contributed by atoms with Crippen LogP contribution in [-0.2, 0) is 19.2 Å². The Morgan fingerprint density at radius 1 is 0.740 bits per heavy atom. The van der Waals surface area contributed by atoms with Crippen molar-refractivity contribution in [2.24, 2.45) is 0 Å². The lowest BCUT2D eigenvalue weighted by molar-refractivity contribution is -0.138. The van der Waals surface area contributed by atoms with Crippen LogP contribution in [0.5, 0.6) is 5.75 Å². The van der Waals surface area contributed by atoms with Gasteiger partial charge in [-0.05, 0) is 67.1 Å². The van der Waals surface area contributed by atoms with Gasteiger partial charge in [-0.15, -0.1) is 0 Å². The number of anilines is 4. The van der Waals surface area contributed by atoms with Gasteiger partial charge in [0.05, 0.1) is 12.5 Å². The predicted octanol–water partition coefficient (Wildman–Crippen LogP) is 6.04. The van der Waals surface area contributed by atoms with Gasteiger partial charge in [0.1, 0.15) is 12.3 Å². The van der Waals surface area contributed by atoms with Crippen LogP contribution in [0.15, 0.2) is 97.1 Å². The monoisotopic (exact) mass is 719 g/mol. The highest BCUT2D eigenvalue weighted by Gasteiger charge is 2.23. The Morgan fingerprint density at radius 3 is 2.06 bits per heavy atom. The van der Waals surface area contributed by atoms with Crippen LogP contribution < -0.4 is 30.1 Å². The number of carbonyl (C=O) groups is 5. The summed E-state index contributed by atoms with van der Waals surface area (Å²) in [5.74, 6) is -2.99. The maximum atomic E-state index is 13.6. The molecule has 0 spiro atoms. The number of likely N-dealkylation sites (N-methyl/N-ethyl adjacent to an activating group) is 2. The quantitative estimate of drug-likeness (QED) is 0.153. The molecule has 0 saturated heterocycles. The molecule has 0 radical (unpaired) electrons. The third kappa shape index (κ3) is 10.2. The van der Waals surface area contributed by atoms with Gasteiger partial charge in [0, 0.05) is 53.0 Å². The van der Waals surface area contributed by atoms with Crippen LogP contribution in [0.2, 0.25) is 10.0 Å². The molecule has 5 amide bonds. The zero-order valence-corrected chi connectivity index (χ0v) is 28.9. The van der Waals surface area contributed by atoms with E-state index in [-0.39, 0.29) is 24.6 Å². The van der Waals surface area contributed by atoms with E-state index in [1.807, 2.05) is 6.07 Å². The van der Waals surface area contributed by atoms with E-state index in [4.69, 9.17) is 27.9 Å². The number of ether oxygens (including phenoxy) is 1. The van der Waals surface area contributed by atoms with Gasteiger partial charge in [-0.1, -0.05) is 59.6 Å². The lowest BCUT2D eigenvalue weighted by Crippen LogP contribution is -2.46. The van der Waals surface area contributed by atoms with E-state index in [0.717, 1.165) is 0 Å². The molecule has 0 aliphatic carbocycles. The first-order valence-corrected chi connectivity index (χ1v) is 16.0. The van der Waals surface area contributed by atoms with E-state index in [2.05, 4.69) is 10.6 Å². The molecule has 0 fully saturated rings. The predicted molar refractivity (Wildman–Crippen MR) is 194 cm³/mol. The van der Waals surface area contributed by atoms with E-state index < -0.39 is 42.2 Å². The Balaban J connectivity index is 1.48. The highest BCUT2D eigenvalue weighted by atomic mass is 35.5. The summed E-state index contributed by atoms with van der Waals surface area (Å²) in [6.45, 7) is 0.292. The topological polar surface area (TPSA) is 149 Å². The van der Waals surface area contributed by atoms with Crippen LogP contribution in [0.3, 0.4) is 0 Å². The highest BCUT2D eigenvalue weighted by Crippen LogP contribution is 2.26. The number of para-hydroxylation sites is 1. The van der Waals surface area contributed by atoms with Crippen molar-refractivity contribution in [2.45, 2.75) is 12.8 Å². The van der Waals surface area contributed by atoms with E-state index in [1.165, 1.54) is 33.8 Å². The molecule has 1 unspecified atom stereocenters. The first-order chi connectivity index (χ1) is 23.8. The van der Waals surface area contributed by atoms with Gasteiger partial charge < -0.3 is 35.2 Å². The first kappa shape index (κ1) is 37.2. The second kappa shape index (κ2) is 17.2. The fourth-order valence-electron chi connectivity index (χ4n) is 4.68. The highest BCUT2D eigenvalue weighted by molar-refractivity contribution is 6.35. The molecule has 4 aromatic carbocycles. The summed E-state index contributed by atoms with van der Waals surface area (Å²) in [4.78, 5) is 68.0. The Hall–Kier alpha value is -5.59. The number of carbonyl (C=O) groups excluding carboxylic acids is 4. The molecule has 4 rings (SSSR count). The smallest absolute Gasteiger partial charge is 0.319 e. The summed E-state index contributed by atoms with van der Waals surface area (Å²) >= 11 is 12.2. The van der Waals surface area contributed by atoms with Gasteiger partial charge in [-0.25, -0.2) is 4.79 Å². The lowest BCUT2D eigenvalue weighted by Gasteiger charge is -2.26. The Morgan fingerprint density at radius 2 is 1.38 bits per heavy atom. The van der Waals surface area contributed by atoms with Crippen molar-refractivity contribution < 1.29 is 33.8 Å².